The van der Waals surface area contributed by atoms with Crippen molar-refractivity contribution < 1.29 is 33.3 Å². The number of carbonyl (C=O) groups excluding carboxylic acids is 2. The Labute approximate surface area is 174 Å². The molecule has 0 radical (unpaired) electrons. The van der Waals surface area contributed by atoms with Gasteiger partial charge in [0.1, 0.15) is 5.69 Å². The highest BCUT2D eigenvalue weighted by atomic mass is 16.5. The van der Waals surface area contributed by atoms with E-state index >= 15 is 0 Å². The lowest BCUT2D eigenvalue weighted by atomic mass is 9.97. The largest absolute Gasteiger partial charge is 0.493 e. The highest BCUT2D eigenvalue weighted by Crippen LogP contribution is 2.46. The summed E-state index contributed by atoms with van der Waals surface area (Å²) in [5.41, 5.74) is 8.22. The number of ether oxygens (including phenoxy) is 5. The zero-order valence-electron chi connectivity index (χ0n) is 17.7. The fourth-order valence-electron chi connectivity index (χ4n) is 3.08. The smallest absolute Gasteiger partial charge is 0.355 e. The van der Waals surface area contributed by atoms with Crippen molar-refractivity contribution in [2.24, 2.45) is 5.73 Å². The second kappa shape index (κ2) is 10.4. The van der Waals surface area contributed by atoms with Gasteiger partial charge in [-0.3, -0.25) is 0 Å². The molecule has 9 nitrogen and oxygen atoms in total. The summed E-state index contributed by atoms with van der Waals surface area (Å²) < 4.78 is 26.2. The van der Waals surface area contributed by atoms with Crippen LogP contribution in [0.2, 0.25) is 0 Å². The minimum absolute atomic E-state index is 0.0886. The fourth-order valence-corrected chi connectivity index (χ4v) is 3.08. The Morgan fingerprint density at radius 1 is 1.07 bits per heavy atom. The van der Waals surface area contributed by atoms with Crippen molar-refractivity contribution in [3.8, 4) is 28.4 Å². The molecule has 2 rings (SSSR count). The van der Waals surface area contributed by atoms with Crippen LogP contribution in [0, 0.1) is 0 Å². The zero-order chi connectivity index (χ0) is 22.3. The fraction of sp³-hybridized carbons (Fsp3) is 0.333. The van der Waals surface area contributed by atoms with Gasteiger partial charge in [-0.2, -0.15) is 0 Å². The molecule has 9 heteroatoms. The summed E-state index contributed by atoms with van der Waals surface area (Å²) in [7, 11) is 5.76. The number of esters is 2. The summed E-state index contributed by atoms with van der Waals surface area (Å²) >= 11 is 0. The number of hydrogen-bond acceptors (Lipinski definition) is 8. The van der Waals surface area contributed by atoms with Crippen LogP contribution < -0.4 is 19.9 Å². The van der Waals surface area contributed by atoms with Crippen molar-refractivity contribution in [2.75, 3.05) is 35.0 Å². The van der Waals surface area contributed by atoms with E-state index in [2.05, 4.69) is 9.72 Å². The van der Waals surface area contributed by atoms with Gasteiger partial charge in [-0.25, -0.2) is 9.59 Å². The number of aromatic amines is 1. The number of H-pyrrole nitrogens is 1. The number of methoxy groups -OCH3 is 4. The van der Waals surface area contributed by atoms with Gasteiger partial charge in [-0.05, 0) is 25.1 Å². The van der Waals surface area contributed by atoms with Gasteiger partial charge in [0.15, 0.2) is 11.5 Å². The number of nitrogens with two attached hydrogens (primary N) is 1. The first kappa shape index (κ1) is 22.8. The lowest BCUT2D eigenvalue weighted by molar-refractivity contribution is -0.134. The second-order valence-electron chi connectivity index (χ2n) is 5.93. The molecule has 0 atom stereocenters. The highest BCUT2D eigenvalue weighted by Gasteiger charge is 2.26. The Bertz CT molecular complexity index is 947. The summed E-state index contributed by atoms with van der Waals surface area (Å²) in [4.78, 5) is 27.3. The number of carbonyl (C=O) groups is 2. The molecule has 1 aromatic carbocycles. The average molecular weight is 418 g/mol. The van der Waals surface area contributed by atoms with Gasteiger partial charge >= 0.3 is 11.9 Å². The predicted molar refractivity (Wildman–Crippen MR) is 111 cm³/mol. The van der Waals surface area contributed by atoms with Crippen molar-refractivity contribution >= 4 is 18.0 Å². The molecule has 0 fully saturated rings. The van der Waals surface area contributed by atoms with Crippen LogP contribution in [-0.4, -0.2) is 52.0 Å². The molecule has 0 spiro atoms. The van der Waals surface area contributed by atoms with Gasteiger partial charge in [0, 0.05) is 35.0 Å². The molecule has 0 unspecified atom stereocenters. The Hall–Kier alpha value is -3.46. The first-order valence-electron chi connectivity index (χ1n) is 9.14. The van der Waals surface area contributed by atoms with Crippen LogP contribution >= 0.6 is 0 Å². The molecule has 0 saturated heterocycles. The van der Waals surface area contributed by atoms with E-state index < -0.39 is 11.9 Å². The van der Waals surface area contributed by atoms with Crippen LogP contribution in [0.15, 0.2) is 18.2 Å². The van der Waals surface area contributed by atoms with E-state index in [4.69, 9.17) is 24.7 Å². The highest BCUT2D eigenvalue weighted by molar-refractivity contribution is 6.00. The summed E-state index contributed by atoms with van der Waals surface area (Å²) in [5, 5.41) is 0. The quantitative estimate of drug-likeness (QED) is 0.471. The minimum atomic E-state index is -0.581. The monoisotopic (exact) mass is 418 g/mol. The SMILES string of the molecule is CCOC(=O)c1[nH]c(CN)c(-c2ccc(OC)c(OC)c2OC)c1/C=C/C(=O)OC. The average Bonchev–Trinajstić information content (AvgIpc) is 3.14. The number of aromatic nitrogens is 1. The van der Waals surface area contributed by atoms with Crippen LogP contribution in [-0.2, 0) is 20.8 Å². The molecule has 162 valence electrons. The second-order valence-corrected chi connectivity index (χ2v) is 5.93. The molecular formula is C21H26N2O7. The summed E-state index contributed by atoms with van der Waals surface area (Å²) in [5.74, 6) is 0.0732. The van der Waals surface area contributed by atoms with Crippen LogP contribution in [0.25, 0.3) is 17.2 Å². The van der Waals surface area contributed by atoms with Gasteiger partial charge in [0.25, 0.3) is 0 Å². The topological polar surface area (TPSA) is 122 Å². The van der Waals surface area contributed by atoms with E-state index in [0.717, 1.165) is 0 Å². The maximum absolute atomic E-state index is 12.6. The Kier molecular flexibility index (Phi) is 7.88. The Morgan fingerprint density at radius 3 is 2.30 bits per heavy atom. The summed E-state index contributed by atoms with van der Waals surface area (Å²) in [6.45, 7) is 1.98. The zero-order valence-corrected chi connectivity index (χ0v) is 17.7. The normalized spacial score (nSPS) is 10.7. The van der Waals surface area contributed by atoms with E-state index in [0.29, 0.717) is 39.6 Å². The van der Waals surface area contributed by atoms with Gasteiger partial charge in [0.05, 0.1) is 35.0 Å². The molecular weight excluding hydrogens is 392 g/mol. The molecule has 0 aliphatic carbocycles. The number of benzene rings is 1. The Morgan fingerprint density at radius 2 is 1.77 bits per heavy atom. The molecule has 1 heterocycles. The summed E-state index contributed by atoms with van der Waals surface area (Å²) in [6, 6.07) is 3.47. The third-order valence-electron chi connectivity index (χ3n) is 4.36. The van der Waals surface area contributed by atoms with E-state index in [-0.39, 0.29) is 18.8 Å². The van der Waals surface area contributed by atoms with Crippen molar-refractivity contribution in [3.05, 3.63) is 35.2 Å². The molecule has 0 aliphatic heterocycles. The van der Waals surface area contributed by atoms with Crippen molar-refractivity contribution in [1.82, 2.24) is 4.98 Å². The van der Waals surface area contributed by atoms with E-state index in [1.165, 1.54) is 40.6 Å². The van der Waals surface area contributed by atoms with E-state index in [1.54, 1.807) is 19.1 Å². The maximum atomic E-state index is 12.6. The molecule has 3 N–H and O–H groups in total. The van der Waals surface area contributed by atoms with Gasteiger partial charge < -0.3 is 34.4 Å². The predicted octanol–water partition coefficient (Wildman–Crippen LogP) is 2.53. The molecule has 0 amide bonds. The molecule has 2 aromatic rings. The standard InChI is InChI=1S/C21H26N2O7/c1-6-30-21(25)18-12(8-10-16(24)27-3)17(14(11-22)23-18)13-7-9-15(26-2)20(29-5)19(13)28-4/h7-10,23H,6,11,22H2,1-5H3/b10-8+. The third-order valence-corrected chi connectivity index (χ3v) is 4.36. The molecule has 1 aromatic heterocycles. The molecule has 30 heavy (non-hydrogen) atoms. The van der Waals surface area contributed by atoms with Crippen LogP contribution in [0.3, 0.4) is 0 Å². The number of nitrogens with one attached hydrogen (secondary N) is 1. The molecule has 0 bridgehead atoms. The maximum Gasteiger partial charge on any atom is 0.355 e. The van der Waals surface area contributed by atoms with Crippen LogP contribution in [0.4, 0.5) is 0 Å². The lowest BCUT2D eigenvalue weighted by Gasteiger charge is -2.16. The van der Waals surface area contributed by atoms with Gasteiger partial charge in [0.2, 0.25) is 5.75 Å². The third kappa shape index (κ3) is 4.41. The van der Waals surface area contributed by atoms with Crippen molar-refractivity contribution in [1.29, 1.82) is 0 Å². The van der Waals surface area contributed by atoms with Crippen molar-refractivity contribution in [3.63, 3.8) is 0 Å². The Balaban J connectivity index is 2.86. The number of rotatable bonds is 9. The van der Waals surface area contributed by atoms with E-state index in [9.17, 15) is 9.59 Å². The summed E-state index contributed by atoms with van der Waals surface area (Å²) in [6.07, 6.45) is 2.68. The lowest BCUT2D eigenvalue weighted by Crippen LogP contribution is -2.07. The van der Waals surface area contributed by atoms with Gasteiger partial charge in [-0.15, -0.1) is 0 Å². The number of hydrogen-bond donors (Lipinski definition) is 2. The van der Waals surface area contributed by atoms with E-state index in [1.807, 2.05) is 0 Å². The first-order valence-corrected chi connectivity index (χ1v) is 9.14. The molecule has 0 aliphatic rings. The first-order chi connectivity index (χ1) is 14.5. The molecule has 0 saturated carbocycles. The van der Waals surface area contributed by atoms with Gasteiger partial charge in [-0.1, -0.05) is 0 Å². The van der Waals surface area contributed by atoms with Crippen LogP contribution in [0.5, 0.6) is 17.2 Å². The van der Waals surface area contributed by atoms with Crippen molar-refractivity contribution in [2.45, 2.75) is 13.5 Å². The minimum Gasteiger partial charge on any atom is -0.493 e. The van der Waals surface area contributed by atoms with Crippen LogP contribution in [0.1, 0.15) is 28.7 Å².